The number of aromatic nitrogens is 4. The van der Waals surface area contributed by atoms with Crippen molar-refractivity contribution in [3.63, 3.8) is 0 Å². The summed E-state index contributed by atoms with van der Waals surface area (Å²) >= 11 is 1.50. The summed E-state index contributed by atoms with van der Waals surface area (Å²) in [6.45, 7) is 6.08. The summed E-state index contributed by atoms with van der Waals surface area (Å²) < 4.78 is 2.18. The van der Waals surface area contributed by atoms with Gasteiger partial charge in [-0.15, -0.1) is 21.5 Å². The monoisotopic (exact) mass is 381 g/mol. The minimum Gasteiger partial charge on any atom is -0.336 e. The molecule has 1 amide bonds. The fraction of sp³-hybridized carbons (Fsp3) is 0.400. The molecule has 0 N–H and O–H groups in total. The molecule has 0 saturated carbocycles. The van der Waals surface area contributed by atoms with Crippen molar-refractivity contribution in [2.45, 2.75) is 39.7 Å². The highest BCUT2D eigenvalue weighted by atomic mass is 32.1. The molecule has 3 aromatic rings. The van der Waals surface area contributed by atoms with Crippen molar-refractivity contribution < 1.29 is 4.79 Å². The molecule has 27 heavy (non-hydrogen) atoms. The second kappa shape index (κ2) is 7.60. The molecule has 0 spiro atoms. The fourth-order valence-corrected chi connectivity index (χ4v) is 4.49. The Balaban J connectivity index is 1.51. The van der Waals surface area contributed by atoms with Gasteiger partial charge in [-0.05, 0) is 18.9 Å². The topological polar surface area (TPSA) is 63.9 Å². The zero-order valence-corrected chi connectivity index (χ0v) is 16.5. The number of carbonyl (C=O) groups excluding carboxylic acids is 1. The Morgan fingerprint density at radius 1 is 1.15 bits per heavy atom. The second-order valence-electron chi connectivity index (χ2n) is 6.75. The zero-order chi connectivity index (χ0) is 18.8. The lowest BCUT2D eigenvalue weighted by atomic mass is 10.1. The van der Waals surface area contributed by atoms with E-state index in [2.05, 4.69) is 31.9 Å². The van der Waals surface area contributed by atoms with Crippen molar-refractivity contribution in [2.75, 3.05) is 13.1 Å². The number of thiazole rings is 1. The quantitative estimate of drug-likeness (QED) is 0.697. The standard InChI is InChI=1S/C20H23N5OS/c1-3-16-19(27-14(2)21-16)20(26)24-10-9-17-22-23-18(25(17)12-11-24)13-15-7-5-4-6-8-15/h4-8H,3,9-13H2,1-2H3. The lowest BCUT2D eigenvalue weighted by Crippen LogP contribution is -2.33. The molecule has 1 aromatic carbocycles. The van der Waals surface area contributed by atoms with Crippen molar-refractivity contribution in [3.8, 4) is 0 Å². The molecule has 1 aliphatic heterocycles. The van der Waals surface area contributed by atoms with Crippen molar-refractivity contribution in [2.24, 2.45) is 0 Å². The number of aryl methyl sites for hydroxylation is 2. The first-order chi connectivity index (χ1) is 13.2. The molecule has 6 nitrogen and oxygen atoms in total. The smallest absolute Gasteiger partial charge is 0.265 e. The molecule has 0 saturated heterocycles. The first-order valence-electron chi connectivity index (χ1n) is 9.36. The molecule has 7 heteroatoms. The van der Waals surface area contributed by atoms with E-state index in [1.54, 1.807) is 0 Å². The summed E-state index contributed by atoms with van der Waals surface area (Å²) in [7, 11) is 0. The summed E-state index contributed by atoms with van der Waals surface area (Å²) in [5.74, 6) is 2.03. The van der Waals surface area contributed by atoms with Crippen LogP contribution in [-0.4, -0.2) is 43.6 Å². The minimum atomic E-state index is 0.0979. The number of benzene rings is 1. The largest absolute Gasteiger partial charge is 0.336 e. The van der Waals surface area contributed by atoms with Gasteiger partial charge in [-0.1, -0.05) is 37.3 Å². The van der Waals surface area contributed by atoms with Crippen molar-refractivity contribution in [1.82, 2.24) is 24.6 Å². The maximum absolute atomic E-state index is 13.0. The van der Waals surface area contributed by atoms with E-state index in [0.717, 1.165) is 53.0 Å². The highest BCUT2D eigenvalue weighted by Gasteiger charge is 2.25. The van der Waals surface area contributed by atoms with Crippen LogP contribution in [-0.2, 0) is 25.8 Å². The van der Waals surface area contributed by atoms with Gasteiger partial charge < -0.3 is 9.47 Å². The van der Waals surface area contributed by atoms with Crippen LogP contribution in [0.1, 0.15) is 44.5 Å². The Hall–Kier alpha value is -2.54. The molecule has 0 atom stereocenters. The van der Waals surface area contributed by atoms with Gasteiger partial charge in [0.25, 0.3) is 5.91 Å². The van der Waals surface area contributed by atoms with Crippen LogP contribution in [0.5, 0.6) is 0 Å². The normalized spacial score (nSPS) is 14.1. The van der Waals surface area contributed by atoms with Gasteiger partial charge in [0, 0.05) is 32.5 Å². The number of rotatable bonds is 4. The van der Waals surface area contributed by atoms with E-state index >= 15 is 0 Å². The van der Waals surface area contributed by atoms with Gasteiger partial charge in [0.2, 0.25) is 0 Å². The van der Waals surface area contributed by atoms with Crippen LogP contribution >= 0.6 is 11.3 Å². The first-order valence-corrected chi connectivity index (χ1v) is 10.2. The van der Waals surface area contributed by atoms with Crippen LogP contribution in [0.4, 0.5) is 0 Å². The summed E-state index contributed by atoms with van der Waals surface area (Å²) in [6.07, 6.45) is 2.27. The van der Waals surface area contributed by atoms with E-state index in [-0.39, 0.29) is 5.91 Å². The third-order valence-corrected chi connectivity index (χ3v) is 5.93. The Kier molecular flexibility index (Phi) is 5.03. The number of carbonyl (C=O) groups is 1. The van der Waals surface area contributed by atoms with Crippen molar-refractivity contribution in [3.05, 3.63) is 63.1 Å². The van der Waals surface area contributed by atoms with Crippen LogP contribution in [0.2, 0.25) is 0 Å². The number of amides is 1. The van der Waals surface area contributed by atoms with E-state index < -0.39 is 0 Å². The minimum absolute atomic E-state index is 0.0979. The Bertz CT molecular complexity index is 947. The van der Waals surface area contributed by atoms with Crippen molar-refractivity contribution in [1.29, 1.82) is 0 Å². The van der Waals surface area contributed by atoms with E-state index in [4.69, 9.17) is 0 Å². The number of nitrogens with zero attached hydrogens (tertiary/aromatic N) is 5. The summed E-state index contributed by atoms with van der Waals surface area (Å²) in [5.41, 5.74) is 2.13. The molecular formula is C20H23N5OS. The molecule has 0 aliphatic carbocycles. The third-order valence-electron chi connectivity index (χ3n) is 4.93. The van der Waals surface area contributed by atoms with E-state index in [1.807, 2.05) is 36.9 Å². The summed E-state index contributed by atoms with van der Waals surface area (Å²) in [5, 5.41) is 9.73. The molecule has 0 radical (unpaired) electrons. The molecule has 4 rings (SSSR count). The van der Waals surface area contributed by atoms with Gasteiger partial charge in [0.1, 0.15) is 16.5 Å². The molecular weight excluding hydrogens is 358 g/mol. The third kappa shape index (κ3) is 3.64. The van der Waals surface area contributed by atoms with Crippen molar-refractivity contribution >= 4 is 17.2 Å². The average molecular weight is 382 g/mol. The molecule has 1 aliphatic rings. The average Bonchev–Trinajstić information content (AvgIpc) is 3.18. The predicted molar refractivity (Wildman–Crippen MR) is 105 cm³/mol. The van der Waals surface area contributed by atoms with Gasteiger partial charge in [-0.3, -0.25) is 4.79 Å². The molecule has 0 bridgehead atoms. The van der Waals surface area contributed by atoms with Gasteiger partial charge in [0.05, 0.1) is 10.7 Å². The molecule has 0 unspecified atom stereocenters. The molecule has 0 fully saturated rings. The van der Waals surface area contributed by atoms with Gasteiger partial charge in [-0.25, -0.2) is 4.98 Å². The predicted octanol–water partition coefficient (Wildman–Crippen LogP) is 2.89. The van der Waals surface area contributed by atoms with Gasteiger partial charge in [0.15, 0.2) is 0 Å². The highest BCUT2D eigenvalue weighted by molar-refractivity contribution is 7.13. The second-order valence-corrected chi connectivity index (χ2v) is 7.95. The van der Waals surface area contributed by atoms with Crippen LogP contribution < -0.4 is 0 Å². The van der Waals surface area contributed by atoms with E-state index in [0.29, 0.717) is 13.1 Å². The number of hydrogen-bond donors (Lipinski definition) is 0. The van der Waals surface area contributed by atoms with Gasteiger partial charge >= 0.3 is 0 Å². The maximum atomic E-state index is 13.0. The first kappa shape index (κ1) is 17.9. The van der Waals surface area contributed by atoms with Crippen LogP contribution in [0.25, 0.3) is 0 Å². The molecule has 2 aromatic heterocycles. The van der Waals surface area contributed by atoms with Crippen LogP contribution in [0, 0.1) is 6.92 Å². The maximum Gasteiger partial charge on any atom is 0.265 e. The SMILES string of the molecule is CCc1nc(C)sc1C(=O)N1CCc2nnc(Cc3ccccc3)n2CC1. The summed E-state index contributed by atoms with van der Waals surface area (Å²) in [4.78, 5) is 20.3. The fourth-order valence-electron chi connectivity index (χ4n) is 3.52. The van der Waals surface area contributed by atoms with Gasteiger partial charge in [-0.2, -0.15) is 0 Å². The Morgan fingerprint density at radius 3 is 2.74 bits per heavy atom. The molecule has 3 heterocycles. The summed E-state index contributed by atoms with van der Waals surface area (Å²) in [6, 6.07) is 10.3. The Morgan fingerprint density at radius 2 is 1.96 bits per heavy atom. The Labute approximate surface area is 162 Å². The highest BCUT2D eigenvalue weighted by Crippen LogP contribution is 2.22. The number of fused-ring (bicyclic) bond motifs is 1. The van der Waals surface area contributed by atoms with Crippen LogP contribution in [0.15, 0.2) is 30.3 Å². The lowest BCUT2D eigenvalue weighted by molar-refractivity contribution is 0.0762. The van der Waals surface area contributed by atoms with E-state index in [9.17, 15) is 4.79 Å². The van der Waals surface area contributed by atoms with E-state index in [1.165, 1.54) is 16.9 Å². The molecule has 140 valence electrons. The van der Waals surface area contributed by atoms with Crippen LogP contribution in [0.3, 0.4) is 0 Å². The zero-order valence-electron chi connectivity index (χ0n) is 15.7. The number of hydrogen-bond acceptors (Lipinski definition) is 5. The lowest BCUT2D eigenvalue weighted by Gasteiger charge is -2.19.